The van der Waals surface area contributed by atoms with Crippen LogP contribution in [0, 0.1) is 0 Å². The lowest BCUT2D eigenvalue weighted by atomic mass is 10.1. The number of nitrogens with zero attached hydrogens (tertiary/aromatic N) is 1. The quantitative estimate of drug-likeness (QED) is 0.255. The number of H-pyrrole nitrogens is 1. The Labute approximate surface area is 186 Å². The molecule has 1 aromatic heterocycles. The Morgan fingerprint density at radius 2 is 2.17 bits per heavy atom. The van der Waals surface area contributed by atoms with Crippen LogP contribution in [0.2, 0.25) is 0 Å². The summed E-state index contributed by atoms with van der Waals surface area (Å²) >= 11 is 9.46. The largest absolute Gasteiger partial charge is 0.614 e. The van der Waals surface area contributed by atoms with E-state index in [0.29, 0.717) is 0 Å². The lowest BCUT2D eigenvalue weighted by molar-refractivity contribution is -0.153. The Kier molecular flexibility index (Phi) is 8.00. The smallest absolute Gasteiger partial charge is 0.462 e. The van der Waals surface area contributed by atoms with Gasteiger partial charge in [0.25, 0.3) is 5.56 Å². The molecule has 11 nitrogen and oxygen atoms in total. The van der Waals surface area contributed by atoms with E-state index in [2.05, 4.69) is 26.0 Å². The van der Waals surface area contributed by atoms with Crippen molar-refractivity contribution in [1.82, 2.24) is 14.6 Å². The van der Waals surface area contributed by atoms with Crippen molar-refractivity contribution >= 4 is 41.7 Å². The Morgan fingerprint density at radius 1 is 1.53 bits per heavy atom. The van der Waals surface area contributed by atoms with E-state index in [9.17, 15) is 24.1 Å². The molecular formula is C16H23BrClN3O8P+. The van der Waals surface area contributed by atoms with Gasteiger partial charge in [-0.05, 0) is 32.3 Å². The summed E-state index contributed by atoms with van der Waals surface area (Å²) < 4.78 is 27.5. The first kappa shape index (κ1) is 25.1. The summed E-state index contributed by atoms with van der Waals surface area (Å²) in [4.78, 5) is 37.4. The molecule has 1 aliphatic heterocycles. The maximum atomic E-state index is 12.2. The normalized spacial score (nSPS) is 27.3. The van der Waals surface area contributed by atoms with Crippen LogP contribution in [0.4, 0.5) is 0 Å². The molecule has 5 atom stereocenters. The molecule has 0 spiro atoms. The van der Waals surface area contributed by atoms with Gasteiger partial charge in [0.15, 0.2) is 15.6 Å². The molecule has 2 heterocycles. The van der Waals surface area contributed by atoms with Crippen LogP contribution in [0.3, 0.4) is 0 Å². The molecule has 1 aliphatic rings. The molecule has 14 heteroatoms. The van der Waals surface area contributed by atoms with Gasteiger partial charge in [0.1, 0.15) is 18.8 Å². The Balaban J connectivity index is 2.04. The number of aliphatic hydroxyl groups excluding tert-OH is 1. The first-order valence-corrected chi connectivity index (χ1v) is 11.2. The molecular weight excluding hydrogens is 509 g/mol. The van der Waals surface area contributed by atoms with E-state index in [-0.39, 0.29) is 12.7 Å². The molecule has 30 heavy (non-hydrogen) atoms. The topological polar surface area (TPSA) is 149 Å². The summed E-state index contributed by atoms with van der Waals surface area (Å²) in [6.45, 7) is 5.97. The van der Waals surface area contributed by atoms with Crippen molar-refractivity contribution in [2.75, 3.05) is 6.61 Å². The Bertz CT molecular complexity index is 918. The predicted molar refractivity (Wildman–Crippen MR) is 111 cm³/mol. The summed E-state index contributed by atoms with van der Waals surface area (Å²) in [5.41, 5.74) is -2.68. The third kappa shape index (κ3) is 5.76. The molecule has 0 aromatic carbocycles. The molecule has 1 unspecified atom stereocenters. The summed E-state index contributed by atoms with van der Waals surface area (Å²) in [6, 6.07) is 1.10. The number of aromatic nitrogens is 2. The number of halogens is 2. The Hall–Kier alpha value is -1.14. The van der Waals surface area contributed by atoms with Crippen LogP contribution in [-0.4, -0.2) is 54.9 Å². The number of carbonyl (C=O) groups excluding carboxylic acids is 1. The highest BCUT2D eigenvalue weighted by atomic mass is 79.9. The third-order valence-electron chi connectivity index (χ3n) is 4.06. The number of nitrogens with one attached hydrogen (secondary N) is 2. The minimum absolute atomic E-state index is 0.344. The van der Waals surface area contributed by atoms with Gasteiger partial charge in [-0.15, -0.1) is 4.52 Å². The van der Waals surface area contributed by atoms with Crippen LogP contribution in [-0.2, 0) is 23.4 Å². The first-order chi connectivity index (χ1) is 13.8. The number of hydrogen-bond acceptors (Lipinski definition) is 8. The molecule has 1 aromatic rings. The number of aliphatic hydroxyl groups is 1. The standard InChI is InChI=1S/C16H22BrClN3O8P/c1-8(2)28-13(24)15(3,4)20-30(26)27-7-9-11(23)16(17,18)12(29-9)21-6-5-10(22)19-14(21)25/h5-6,8-9,11-12,23H,7H2,1-4H3,(H-,19,20,22,25,26)/p+1/t9-,11-,12-,16+/m1/s1. The zero-order valence-electron chi connectivity index (χ0n) is 16.6. The fourth-order valence-electron chi connectivity index (χ4n) is 2.53. The molecule has 0 radical (unpaired) electrons. The average Bonchev–Trinajstić information content (AvgIpc) is 2.82. The van der Waals surface area contributed by atoms with Crippen molar-refractivity contribution in [2.24, 2.45) is 0 Å². The van der Waals surface area contributed by atoms with E-state index < -0.39 is 53.2 Å². The molecule has 168 valence electrons. The minimum atomic E-state index is -2.54. The van der Waals surface area contributed by atoms with Gasteiger partial charge >= 0.3 is 19.8 Å². The van der Waals surface area contributed by atoms with E-state index in [1.165, 1.54) is 20.0 Å². The maximum absolute atomic E-state index is 12.2. The molecule has 0 bridgehead atoms. The molecule has 3 N–H and O–H groups in total. The van der Waals surface area contributed by atoms with E-state index in [1.54, 1.807) is 13.8 Å². The van der Waals surface area contributed by atoms with Crippen molar-refractivity contribution in [3.8, 4) is 0 Å². The van der Waals surface area contributed by atoms with Crippen LogP contribution >= 0.6 is 35.7 Å². The second-order valence-corrected chi connectivity index (χ2v) is 10.8. The van der Waals surface area contributed by atoms with Gasteiger partial charge in [-0.3, -0.25) is 14.3 Å². The van der Waals surface area contributed by atoms with Gasteiger partial charge in [-0.1, -0.05) is 32.6 Å². The number of hydrogen-bond donors (Lipinski definition) is 3. The third-order valence-corrected chi connectivity index (χ3v) is 6.46. The molecule has 2 rings (SSSR count). The number of esters is 1. The zero-order chi connectivity index (χ0) is 22.9. The maximum Gasteiger partial charge on any atom is 0.614 e. The van der Waals surface area contributed by atoms with Crippen LogP contribution in [0.15, 0.2) is 21.9 Å². The molecule has 1 fully saturated rings. The molecule has 0 aliphatic carbocycles. The van der Waals surface area contributed by atoms with Crippen LogP contribution in [0.1, 0.15) is 33.9 Å². The highest BCUT2D eigenvalue weighted by molar-refractivity contribution is 9.10. The van der Waals surface area contributed by atoms with Crippen LogP contribution in [0.5, 0.6) is 0 Å². The van der Waals surface area contributed by atoms with Crippen LogP contribution in [0.25, 0.3) is 0 Å². The van der Waals surface area contributed by atoms with E-state index in [1.807, 2.05) is 0 Å². The number of aromatic amines is 1. The highest BCUT2D eigenvalue weighted by Crippen LogP contribution is 2.47. The summed E-state index contributed by atoms with van der Waals surface area (Å²) in [5, 5.41) is 13.0. The summed E-state index contributed by atoms with van der Waals surface area (Å²) in [6.07, 6.45) is -2.81. The van der Waals surface area contributed by atoms with Gasteiger partial charge < -0.3 is 14.6 Å². The van der Waals surface area contributed by atoms with Gasteiger partial charge in [0, 0.05) is 12.3 Å². The van der Waals surface area contributed by atoms with Crippen molar-refractivity contribution in [2.45, 2.75) is 61.6 Å². The fraction of sp³-hybridized carbons (Fsp3) is 0.688. The molecule has 0 amide bonds. The number of rotatable bonds is 8. The SMILES string of the molecule is CC(C)OC(=O)C(C)(C)N[P+](=O)OC[C@H]1O[C@@H](n2ccc(=O)[nH]c2=O)[C@](Cl)(Br)[C@@H]1O. The van der Waals surface area contributed by atoms with Crippen molar-refractivity contribution in [3.63, 3.8) is 0 Å². The minimum Gasteiger partial charge on any atom is -0.462 e. The number of alkyl halides is 2. The fourth-order valence-corrected chi connectivity index (χ4v) is 4.34. The summed E-state index contributed by atoms with van der Waals surface area (Å²) in [7, 11) is -2.54. The Morgan fingerprint density at radius 3 is 2.73 bits per heavy atom. The van der Waals surface area contributed by atoms with Gasteiger partial charge in [0.2, 0.25) is 0 Å². The lowest BCUT2D eigenvalue weighted by Crippen LogP contribution is -2.45. The monoisotopic (exact) mass is 530 g/mol. The summed E-state index contributed by atoms with van der Waals surface area (Å²) in [5.74, 6) is -0.612. The number of carbonyl (C=O) groups is 1. The van der Waals surface area contributed by atoms with E-state index >= 15 is 0 Å². The van der Waals surface area contributed by atoms with Crippen molar-refractivity contribution < 1.29 is 28.5 Å². The first-order valence-electron chi connectivity index (χ1n) is 8.87. The highest BCUT2D eigenvalue weighted by Gasteiger charge is 2.56. The van der Waals surface area contributed by atoms with Gasteiger partial charge in [-0.2, -0.15) is 0 Å². The van der Waals surface area contributed by atoms with E-state index in [4.69, 9.17) is 25.6 Å². The molecule has 1 saturated heterocycles. The van der Waals surface area contributed by atoms with E-state index in [0.717, 1.165) is 10.6 Å². The molecule has 0 saturated carbocycles. The van der Waals surface area contributed by atoms with Crippen molar-refractivity contribution in [3.05, 3.63) is 33.1 Å². The number of ether oxygens (including phenoxy) is 2. The van der Waals surface area contributed by atoms with Crippen molar-refractivity contribution in [1.29, 1.82) is 0 Å². The average molecular weight is 532 g/mol. The zero-order valence-corrected chi connectivity index (χ0v) is 19.9. The van der Waals surface area contributed by atoms with Gasteiger partial charge in [0.05, 0.1) is 6.10 Å². The van der Waals surface area contributed by atoms with Crippen LogP contribution < -0.4 is 16.3 Å². The van der Waals surface area contributed by atoms with Gasteiger partial charge in [-0.25, -0.2) is 9.59 Å². The predicted octanol–water partition coefficient (Wildman–Crippen LogP) is 1.12. The lowest BCUT2D eigenvalue weighted by Gasteiger charge is -2.24. The second-order valence-electron chi connectivity index (χ2n) is 7.41. The second kappa shape index (κ2) is 9.56.